The van der Waals surface area contributed by atoms with Gasteiger partial charge in [0.05, 0.1) is 11.0 Å². The highest BCUT2D eigenvalue weighted by Crippen LogP contribution is 2.51. The van der Waals surface area contributed by atoms with Crippen LogP contribution in [0.4, 0.5) is 22.8 Å². The van der Waals surface area contributed by atoms with Gasteiger partial charge in [0, 0.05) is 50.5 Å². The largest absolute Gasteiger partial charge is 0.444 e. The van der Waals surface area contributed by atoms with Crippen LogP contribution in [-0.2, 0) is 43.6 Å². The number of aromatic nitrogens is 1. The van der Waals surface area contributed by atoms with Crippen molar-refractivity contribution in [3.05, 3.63) is 29.1 Å². The molecule has 3 aliphatic rings. The van der Waals surface area contributed by atoms with Gasteiger partial charge >= 0.3 is 28.6 Å². The van der Waals surface area contributed by atoms with E-state index >= 15 is 0 Å². The van der Waals surface area contributed by atoms with E-state index in [1.54, 1.807) is 41.5 Å². The second kappa shape index (κ2) is 11.1. The van der Waals surface area contributed by atoms with Crippen molar-refractivity contribution in [3.8, 4) is 0 Å². The number of nitrogens with zero attached hydrogens (tertiary/aromatic N) is 3. The fourth-order valence-corrected chi connectivity index (χ4v) is 7.12. The minimum absolute atomic E-state index is 0.0679. The summed E-state index contributed by atoms with van der Waals surface area (Å²) in [5, 5.41) is 2.77. The molecule has 1 saturated carbocycles. The van der Waals surface area contributed by atoms with Crippen LogP contribution in [0.1, 0.15) is 71.2 Å². The first kappa shape index (κ1) is 32.8. The Hall–Kier alpha value is -3.14. The first-order chi connectivity index (χ1) is 19.6. The smallest absolute Gasteiger partial charge is 0.422 e. The molecule has 1 saturated heterocycles. The van der Waals surface area contributed by atoms with Crippen molar-refractivity contribution in [2.45, 2.75) is 90.8 Å². The summed E-state index contributed by atoms with van der Waals surface area (Å²) in [7, 11) is -4.42. The minimum atomic E-state index is -4.61. The lowest BCUT2D eigenvalue weighted by molar-refractivity contribution is -0.143. The number of nitrogens with one attached hydrogen (secondary N) is 2. The molecule has 1 aromatic rings. The van der Waals surface area contributed by atoms with E-state index in [-0.39, 0.29) is 51.0 Å². The lowest BCUT2D eigenvalue weighted by atomic mass is 9.78. The molecule has 240 valence electrons. The van der Waals surface area contributed by atoms with Gasteiger partial charge in [-0.2, -0.15) is 25.9 Å². The number of alkyl halides is 3. The molecule has 12 nitrogen and oxygen atoms in total. The summed E-state index contributed by atoms with van der Waals surface area (Å²) >= 11 is 0. The summed E-state index contributed by atoms with van der Waals surface area (Å²) < 4.78 is 79.8. The molecule has 1 aliphatic carbocycles. The van der Waals surface area contributed by atoms with E-state index in [0.717, 1.165) is 16.6 Å². The Morgan fingerprint density at radius 3 is 2.28 bits per heavy atom. The molecule has 1 aromatic heterocycles. The van der Waals surface area contributed by atoms with E-state index in [2.05, 4.69) is 10.3 Å². The molecule has 0 radical (unpaired) electrons. The van der Waals surface area contributed by atoms with Gasteiger partial charge in [0.2, 0.25) is 5.91 Å². The van der Waals surface area contributed by atoms with E-state index in [1.165, 1.54) is 4.90 Å². The number of carbonyl (C=O) groups excluding carboxylic acids is 3. The Bertz CT molecular complexity index is 1390. The monoisotopic (exact) mass is 633 g/mol. The van der Waals surface area contributed by atoms with Gasteiger partial charge in [-0.3, -0.25) is 9.78 Å². The van der Waals surface area contributed by atoms with Crippen LogP contribution in [0.5, 0.6) is 0 Å². The van der Waals surface area contributed by atoms with Crippen LogP contribution >= 0.6 is 0 Å². The normalized spacial score (nSPS) is 24.6. The van der Waals surface area contributed by atoms with Crippen molar-refractivity contribution in [1.29, 1.82) is 0 Å². The summed E-state index contributed by atoms with van der Waals surface area (Å²) in [4.78, 5) is 44.4. The Kier molecular flexibility index (Phi) is 8.45. The maximum atomic E-state index is 14.2. The Balaban J connectivity index is 1.59. The number of fused-ring (bicyclic) bond motifs is 2. The van der Waals surface area contributed by atoms with Gasteiger partial charge in [-0.25, -0.2) is 14.3 Å². The van der Waals surface area contributed by atoms with Gasteiger partial charge in [-0.1, -0.05) is 0 Å². The van der Waals surface area contributed by atoms with E-state index in [0.29, 0.717) is 5.69 Å². The molecule has 0 bridgehead atoms. The Morgan fingerprint density at radius 2 is 1.67 bits per heavy atom. The molecule has 2 N–H and O–H groups in total. The van der Waals surface area contributed by atoms with E-state index in [1.807, 2.05) is 4.72 Å². The average Bonchev–Trinajstić information content (AvgIpc) is 3.35. The zero-order chi connectivity index (χ0) is 32.2. The first-order valence-electron chi connectivity index (χ1n) is 13.9. The fourth-order valence-electron chi connectivity index (χ4n) is 5.96. The molecule has 0 aromatic carbocycles. The molecule has 3 amide bonds. The SMILES string of the molecule is CC(C)(C)OC(=O)N[C@@H]1C[C@H]2CN(S(=O)(=O)NC(=O)OC(C)(C)C)C[C@@]2(C(=O)N2CCc3ncc(C(F)(F)F)cc3C2)C1. The summed E-state index contributed by atoms with van der Waals surface area (Å²) in [5.41, 5.74) is -3.24. The predicted octanol–water partition coefficient (Wildman–Crippen LogP) is 3.36. The molecule has 0 unspecified atom stereocenters. The van der Waals surface area contributed by atoms with Crippen LogP contribution < -0.4 is 10.0 Å². The molecule has 2 aliphatic heterocycles. The maximum absolute atomic E-state index is 14.2. The number of amides is 3. The molecule has 43 heavy (non-hydrogen) atoms. The van der Waals surface area contributed by atoms with E-state index < -0.39 is 68.6 Å². The highest BCUT2D eigenvalue weighted by atomic mass is 32.2. The highest BCUT2D eigenvalue weighted by molar-refractivity contribution is 7.87. The lowest BCUT2D eigenvalue weighted by Crippen LogP contribution is -2.51. The number of alkyl carbamates (subject to hydrolysis) is 1. The molecule has 3 atom stereocenters. The zero-order valence-electron chi connectivity index (χ0n) is 25.0. The van der Waals surface area contributed by atoms with Gasteiger partial charge in [-0.15, -0.1) is 0 Å². The third-order valence-corrected chi connectivity index (χ3v) is 8.98. The molecule has 3 heterocycles. The Labute approximate surface area is 248 Å². The van der Waals surface area contributed by atoms with Crippen LogP contribution in [0.2, 0.25) is 0 Å². The summed E-state index contributed by atoms with van der Waals surface area (Å²) in [6.07, 6.45) is -5.16. The maximum Gasteiger partial charge on any atom is 0.422 e. The second-order valence-electron chi connectivity index (χ2n) is 13.3. The van der Waals surface area contributed by atoms with Gasteiger partial charge in [0.1, 0.15) is 11.2 Å². The number of ether oxygens (including phenoxy) is 2. The highest BCUT2D eigenvalue weighted by Gasteiger charge is 2.61. The fraction of sp³-hybridized carbons (Fsp3) is 0.704. The van der Waals surface area contributed by atoms with Crippen LogP contribution in [0.25, 0.3) is 0 Å². The lowest BCUT2D eigenvalue weighted by Gasteiger charge is -2.37. The van der Waals surface area contributed by atoms with Gasteiger partial charge in [0.15, 0.2) is 0 Å². The average molecular weight is 634 g/mol. The number of hydrogen-bond acceptors (Lipinski definition) is 8. The Morgan fingerprint density at radius 1 is 1.05 bits per heavy atom. The van der Waals surface area contributed by atoms with Gasteiger partial charge in [-0.05, 0) is 71.9 Å². The minimum Gasteiger partial charge on any atom is -0.444 e. The third kappa shape index (κ3) is 7.51. The molecular formula is C27H38F3N5O7S. The molecule has 0 spiro atoms. The third-order valence-electron chi connectivity index (χ3n) is 7.60. The summed E-state index contributed by atoms with van der Waals surface area (Å²) in [6, 6.07) is 0.456. The zero-order valence-corrected chi connectivity index (χ0v) is 25.8. The van der Waals surface area contributed by atoms with E-state index in [9.17, 15) is 36.0 Å². The number of pyridine rings is 1. The van der Waals surface area contributed by atoms with Crippen LogP contribution in [0, 0.1) is 11.3 Å². The quantitative estimate of drug-likeness (QED) is 0.513. The second-order valence-corrected chi connectivity index (χ2v) is 15.0. The number of rotatable bonds is 4. The van der Waals surface area contributed by atoms with E-state index in [4.69, 9.17) is 9.47 Å². The predicted molar refractivity (Wildman–Crippen MR) is 147 cm³/mol. The van der Waals surface area contributed by atoms with Crippen LogP contribution in [0.15, 0.2) is 12.3 Å². The molecule has 16 heteroatoms. The molecule has 2 fully saturated rings. The standard InChI is InChI=1S/C27H38F3N5O7S/c1-24(2,3)41-22(37)32-19-10-18-14-35(43(39,40)33-23(38)42-25(4,5)6)15-26(18,11-19)21(36)34-8-7-20-16(13-34)9-17(12-31-20)27(28,29)30/h9,12,18-19H,7-8,10-11,13-15H2,1-6H3,(H,32,37)(H,33,38)/t18-,19+,26-/m0/s1. The number of halogens is 3. The van der Waals surface area contributed by atoms with Crippen molar-refractivity contribution in [2.24, 2.45) is 11.3 Å². The van der Waals surface area contributed by atoms with Crippen molar-refractivity contribution in [2.75, 3.05) is 19.6 Å². The van der Waals surface area contributed by atoms with Crippen LogP contribution in [0.3, 0.4) is 0 Å². The van der Waals surface area contributed by atoms with Gasteiger partial charge < -0.3 is 19.7 Å². The van der Waals surface area contributed by atoms with Gasteiger partial charge in [0.25, 0.3) is 0 Å². The van der Waals surface area contributed by atoms with Crippen molar-refractivity contribution in [3.63, 3.8) is 0 Å². The number of carbonyl (C=O) groups is 3. The number of hydrogen-bond donors (Lipinski definition) is 2. The van der Waals surface area contributed by atoms with Crippen molar-refractivity contribution >= 4 is 28.3 Å². The topological polar surface area (TPSA) is 147 Å². The summed E-state index contributed by atoms with van der Waals surface area (Å²) in [5.74, 6) is -1.000. The molecule has 4 rings (SSSR count). The van der Waals surface area contributed by atoms with Crippen molar-refractivity contribution < 1.29 is 45.4 Å². The van der Waals surface area contributed by atoms with Crippen molar-refractivity contribution in [1.82, 2.24) is 24.2 Å². The first-order valence-corrected chi connectivity index (χ1v) is 15.4. The van der Waals surface area contributed by atoms with Crippen LogP contribution in [-0.4, -0.2) is 77.6 Å². The molecular weight excluding hydrogens is 595 g/mol. The summed E-state index contributed by atoms with van der Waals surface area (Å²) in [6.45, 7) is 9.46.